The molecule has 2 N–H and O–H groups in total. The summed E-state index contributed by atoms with van der Waals surface area (Å²) in [5, 5.41) is 16.9. The van der Waals surface area contributed by atoms with Crippen molar-refractivity contribution < 1.29 is 14.5 Å². The highest BCUT2D eigenvalue weighted by Gasteiger charge is 2.26. The number of nitro groups is 1. The first-order chi connectivity index (χ1) is 14.8. The monoisotopic (exact) mass is 430 g/mol. The third kappa shape index (κ3) is 5.52. The summed E-state index contributed by atoms with van der Waals surface area (Å²) in [5.41, 5.74) is 1.06. The van der Waals surface area contributed by atoms with E-state index in [1.807, 2.05) is 19.0 Å². The van der Waals surface area contributed by atoms with Crippen molar-refractivity contribution in [3.63, 3.8) is 0 Å². The minimum Gasteiger partial charge on any atom is -0.351 e. The third-order valence-electron chi connectivity index (χ3n) is 5.56. The summed E-state index contributed by atoms with van der Waals surface area (Å²) in [7, 11) is 5.69. The zero-order valence-electron chi connectivity index (χ0n) is 18.3. The second-order valence-corrected chi connectivity index (χ2v) is 8.28. The summed E-state index contributed by atoms with van der Waals surface area (Å²) in [4.78, 5) is 38.2. The fourth-order valence-corrected chi connectivity index (χ4v) is 3.97. The molecule has 10 heteroatoms. The van der Waals surface area contributed by atoms with Crippen molar-refractivity contribution >= 4 is 23.2 Å². The van der Waals surface area contributed by atoms with Gasteiger partial charge in [0.05, 0.1) is 16.8 Å². The van der Waals surface area contributed by atoms with Crippen LogP contribution in [0.2, 0.25) is 0 Å². The van der Waals surface area contributed by atoms with Gasteiger partial charge in [-0.05, 0) is 46.0 Å². The van der Waals surface area contributed by atoms with Gasteiger partial charge in [0.2, 0.25) is 0 Å². The van der Waals surface area contributed by atoms with Gasteiger partial charge in [0.1, 0.15) is 11.4 Å². The molecule has 0 bridgehead atoms. The van der Waals surface area contributed by atoms with E-state index >= 15 is 0 Å². The lowest BCUT2D eigenvalue weighted by molar-refractivity contribution is -0.384. The fraction of sp³-hybridized carbons (Fsp3) is 0.524. The van der Waals surface area contributed by atoms with E-state index in [1.165, 1.54) is 12.3 Å². The van der Waals surface area contributed by atoms with Crippen LogP contribution < -0.4 is 10.6 Å². The Morgan fingerprint density at radius 1 is 1.16 bits per heavy atom. The maximum atomic E-state index is 12.9. The second-order valence-electron chi connectivity index (χ2n) is 8.28. The number of hydrogen-bond donors (Lipinski definition) is 2. The van der Waals surface area contributed by atoms with E-state index in [9.17, 15) is 19.7 Å². The standard InChI is InChI=1S/C21H30N6O4/c1-24(2)10-6-9-22-20(28)18-11-15(13-25(18)3)23-21(29)19-12-17(27(30)31)14-26(19)16-7-4-5-8-16/h11-14,16H,4-10H2,1-3H3,(H,22,28)(H,23,29). The molecule has 0 aliphatic heterocycles. The topological polar surface area (TPSA) is 114 Å². The highest BCUT2D eigenvalue weighted by Crippen LogP contribution is 2.33. The molecular weight excluding hydrogens is 400 g/mol. The Morgan fingerprint density at radius 3 is 2.52 bits per heavy atom. The molecule has 3 rings (SSSR count). The summed E-state index contributed by atoms with van der Waals surface area (Å²) in [6, 6.07) is 3.01. The van der Waals surface area contributed by atoms with E-state index in [2.05, 4.69) is 10.6 Å². The van der Waals surface area contributed by atoms with Gasteiger partial charge in [-0.15, -0.1) is 0 Å². The number of anilines is 1. The Morgan fingerprint density at radius 2 is 1.87 bits per heavy atom. The summed E-state index contributed by atoms with van der Waals surface area (Å²) >= 11 is 0. The molecule has 31 heavy (non-hydrogen) atoms. The van der Waals surface area contributed by atoms with Crippen molar-refractivity contribution in [3.05, 3.63) is 46.0 Å². The highest BCUT2D eigenvalue weighted by molar-refractivity contribution is 6.04. The average Bonchev–Trinajstić information content (AvgIpc) is 3.43. The number of carbonyl (C=O) groups is 2. The first kappa shape index (κ1) is 22.5. The maximum Gasteiger partial charge on any atom is 0.287 e. The van der Waals surface area contributed by atoms with Gasteiger partial charge in [0.15, 0.2) is 0 Å². The van der Waals surface area contributed by atoms with Crippen molar-refractivity contribution in [1.82, 2.24) is 19.4 Å². The number of carbonyl (C=O) groups excluding carboxylic acids is 2. The Balaban J connectivity index is 1.70. The molecule has 2 heterocycles. The van der Waals surface area contributed by atoms with Crippen LogP contribution >= 0.6 is 0 Å². The second kappa shape index (κ2) is 9.78. The van der Waals surface area contributed by atoms with Gasteiger partial charge < -0.3 is 24.7 Å². The van der Waals surface area contributed by atoms with E-state index < -0.39 is 10.8 Å². The third-order valence-corrected chi connectivity index (χ3v) is 5.56. The zero-order valence-corrected chi connectivity index (χ0v) is 18.3. The quantitative estimate of drug-likeness (QED) is 0.361. The lowest BCUT2D eigenvalue weighted by atomic mass is 10.2. The van der Waals surface area contributed by atoms with Crippen molar-refractivity contribution in [2.24, 2.45) is 7.05 Å². The molecule has 2 aromatic rings. The van der Waals surface area contributed by atoms with Crippen molar-refractivity contribution in [1.29, 1.82) is 0 Å². The molecular formula is C21H30N6O4. The van der Waals surface area contributed by atoms with Crippen LogP contribution in [0, 0.1) is 10.1 Å². The maximum absolute atomic E-state index is 12.9. The van der Waals surface area contributed by atoms with Crippen molar-refractivity contribution in [3.8, 4) is 0 Å². The van der Waals surface area contributed by atoms with Crippen LogP contribution in [0.15, 0.2) is 24.5 Å². The van der Waals surface area contributed by atoms with Gasteiger partial charge in [-0.1, -0.05) is 12.8 Å². The van der Waals surface area contributed by atoms with E-state index in [-0.39, 0.29) is 23.3 Å². The normalized spacial score (nSPS) is 14.2. The summed E-state index contributed by atoms with van der Waals surface area (Å²) in [6.07, 6.45) is 7.83. The van der Waals surface area contributed by atoms with Crippen molar-refractivity contribution in [2.75, 3.05) is 32.5 Å². The molecule has 168 valence electrons. The lowest BCUT2D eigenvalue weighted by Gasteiger charge is -2.15. The van der Waals surface area contributed by atoms with E-state index in [1.54, 1.807) is 28.4 Å². The molecule has 1 saturated carbocycles. The predicted octanol–water partition coefficient (Wildman–Crippen LogP) is 2.78. The van der Waals surface area contributed by atoms with Gasteiger partial charge in [0.25, 0.3) is 17.5 Å². The minimum atomic E-state index is -0.483. The Bertz CT molecular complexity index is 955. The molecule has 10 nitrogen and oxygen atoms in total. The summed E-state index contributed by atoms with van der Waals surface area (Å²) in [6.45, 7) is 1.43. The highest BCUT2D eigenvalue weighted by atomic mass is 16.6. The Kier molecular flexibility index (Phi) is 7.11. The predicted molar refractivity (Wildman–Crippen MR) is 117 cm³/mol. The number of aryl methyl sites for hydroxylation is 1. The molecule has 0 aromatic carbocycles. The number of aromatic nitrogens is 2. The Hall–Kier alpha value is -3.14. The number of amides is 2. The van der Waals surface area contributed by atoms with E-state index in [0.29, 0.717) is 17.9 Å². The minimum absolute atomic E-state index is 0.0914. The van der Waals surface area contributed by atoms with E-state index in [4.69, 9.17) is 0 Å². The number of nitrogens with one attached hydrogen (secondary N) is 2. The van der Waals surface area contributed by atoms with Gasteiger partial charge >= 0.3 is 0 Å². The molecule has 2 amide bonds. The molecule has 1 aliphatic carbocycles. The molecule has 0 saturated heterocycles. The van der Waals surface area contributed by atoms with Crippen molar-refractivity contribution in [2.45, 2.75) is 38.1 Å². The molecule has 1 fully saturated rings. The zero-order chi connectivity index (χ0) is 22.5. The fourth-order valence-electron chi connectivity index (χ4n) is 3.97. The first-order valence-corrected chi connectivity index (χ1v) is 10.5. The van der Waals surface area contributed by atoms with Gasteiger partial charge in [-0.2, -0.15) is 0 Å². The van der Waals surface area contributed by atoms with Crippen LogP contribution in [0.5, 0.6) is 0 Å². The van der Waals surface area contributed by atoms with Crippen LogP contribution in [0.3, 0.4) is 0 Å². The number of nitrogens with zero attached hydrogens (tertiary/aromatic N) is 4. The van der Waals surface area contributed by atoms with Gasteiger partial charge in [-0.25, -0.2) is 0 Å². The molecule has 0 radical (unpaired) electrons. The molecule has 0 spiro atoms. The average molecular weight is 431 g/mol. The number of rotatable bonds is 9. The molecule has 1 aliphatic rings. The van der Waals surface area contributed by atoms with Gasteiger partial charge in [-0.3, -0.25) is 19.7 Å². The lowest BCUT2D eigenvalue weighted by Crippen LogP contribution is -2.28. The van der Waals surface area contributed by atoms with Crippen LogP contribution in [0.4, 0.5) is 11.4 Å². The smallest absolute Gasteiger partial charge is 0.287 e. The van der Waals surface area contributed by atoms with E-state index in [0.717, 1.165) is 38.6 Å². The van der Waals surface area contributed by atoms with Crippen LogP contribution in [0.1, 0.15) is 59.1 Å². The van der Waals surface area contributed by atoms with Crippen LogP contribution in [-0.2, 0) is 7.05 Å². The summed E-state index contributed by atoms with van der Waals surface area (Å²) < 4.78 is 3.37. The largest absolute Gasteiger partial charge is 0.351 e. The molecule has 0 unspecified atom stereocenters. The van der Waals surface area contributed by atoms with Gasteiger partial charge in [0, 0.05) is 31.9 Å². The van der Waals surface area contributed by atoms with Crippen LogP contribution in [-0.4, -0.2) is 58.0 Å². The van der Waals surface area contributed by atoms with Crippen LogP contribution in [0.25, 0.3) is 0 Å². The SMILES string of the molecule is CN(C)CCCNC(=O)c1cc(NC(=O)c2cc([N+](=O)[O-])cn2C2CCCC2)cn1C. The molecule has 2 aromatic heterocycles. The Labute approximate surface area is 181 Å². The first-order valence-electron chi connectivity index (χ1n) is 10.5. The summed E-state index contributed by atoms with van der Waals surface area (Å²) in [5.74, 6) is -0.643. The number of hydrogen-bond acceptors (Lipinski definition) is 5. The molecule has 0 atom stereocenters.